The summed E-state index contributed by atoms with van der Waals surface area (Å²) in [6.45, 7) is 5.35. The van der Waals surface area contributed by atoms with E-state index in [-0.39, 0.29) is 0 Å². The Bertz CT molecular complexity index is 198. The van der Waals surface area contributed by atoms with Crippen molar-refractivity contribution in [3.63, 3.8) is 0 Å². The van der Waals surface area contributed by atoms with Crippen molar-refractivity contribution in [1.82, 2.24) is 10.2 Å². The van der Waals surface area contributed by atoms with Crippen LogP contribution in [0.25, 0.3) is 0 Å². The zero-order valence-electron chi connectivity index (χ0n) is 9.04. The van der Waals surface area contributed by atoms with Crippen LogP contribution >= 0.6 is 0 Å². The van der Waals surface area contributed by atoms with Gasteiger partial charge in [-0.1, -0.05) is 12.8 Å². The van der Waals surface area contributed by atoms with Gasteiger partial charge in [0.15, 0.2) is 0 Å². The summed E-state index contributed by atoms with van der Waals surface area (Å²) < 4.78 is 0. The number of piperidine rings is 1. The van der Waals surface area contributed by atoms with Crippen molar-refractivity contribution in [1.29, 1.82) is 0 Å². The second-order valence-corrected chi connectivity index (χ2v) is 5.40. The van der Waals surface area contributed by atoms with Crippen LogP contribution in [0.15, 0.2) is 0 Å². The van der Waals surface area contributed by atoms with E-state index in [1.54, 1.807) is 0 Å². The van der Waals surface area contributed by atoms with Crippen molar-refractivity contribution in [2.24, 2.45) is 11.8 Å². The minimum Gasteiger partial charge on any atom is -0.316 e. The predicted molar refractivity (Wildman–Crippen MR) is 58.3 cm³/mol. The monoisotopic (exact) mass is 194 g/mol. The molecule has 0 amide bonds. The summed E-state index contributed by atoms with van der Waals surface area (Å²) in [5.74, 6) is 1.98. The molecule has 0 aromatic carbocycles. The lowest BCUT2D eigenvalue weighted by Gasteiger charge is -2.38. The van der Waals surface area contributed by atoms with Crippen LogP contribution in [0.1, 0.15) is 32.1 Å². The van der Waals surface area contributed by atoms with Crippen molar-refractivity contribution in [3.05, 3.63) is 0 Å². The van der Waals surface area contributed by atoms with E-state index in [0.29, 0.717) is 0 Å². The molecule has 3 rings (SSSR count). The zero-order valence-corrected chi connectivity index (χ0v) is 9.04. The molecule has 0 aromatic heterocycles. The molecule has 14 heavy (non-hydrogen) atoms. The van der Waals surface area contributed by atoms with E-state index in [9.17, 15) is 0 Å². The Hall–Kier alpha value is -0.0800. The third-order valence-electron chi connectivity index (χ3n) is 4.58. The maximum absolute atomic E-state index is 3.55. The maximum atomic E-state index is 3.55. The summed E-state index contributed by atoms with van der Waals surface area (Å²) in [6.07, 6.45) is 7.37. The maximum Gasteiger partial charge on any atom is 0.00953 e. The average molecular weight is 194 g/mol. The fourth-order valence-corrected chi connectivity index (χ4v) is 3.66. The van der Waals surface area contributed by atoms with Gasteiger partial charge >= 0.3 is 0 Å². The lowest BCUT2D eigenvalue weighted by atomic mass is 9.88. The van der Waals surface area contributed by atoms with Crippen LogP contribution in [0.3, 0.4) is 0 Å². The molecule has 2 saturated heterocycles. The summed E-state index contributed by atoms with van der Waals surface area (Å²) in [5, 5.41) is 3.55. The topological polar surface area (TPSA) is 15.3 Å². The summed E-state index contributed by atoms with van der Waals surface area (Å²) in [5.41, 5.74) is 0. The molecule has 0 bridgehead atoms. The molecule has 0 spiro atoms. The third kappa shape index (κ3) is 1.59. The molecule has 2 unspecified atom stereocenters. The number of nitrogens with one attached hydrogen (secondary N) is 1. The fraction of sp³-hybridized carbons (Fsp3) is 1.00. The quantitative estimate of drug-likeness (QED) is 0.680. The highest BCUT2D eigenvalue weighted by atomic mass is 15.2. The minimum atomic E-state index is 0.955. The van der Waals surface area contributed by atoms with E-state index in [0.717, 1.165) is 17.9 Å². The van der Waals surface area contributed by atoms with Gasteiger partial charge in [0, 0.05) is 12.6 Å². The minimum absolute atomic E-state index is 0.955. The van der Waals surface area contributed by atoms with Gasteiger partial charge in [0.2, 0.25) is 0 Å². The first-order valence-electron chi connectivity index (χ1n) is 6.38. The Kier molecular flexibility index (Phi) is 2.50. The molecule has 1 N–H and O–H groups in total. The molecule has 0 aromatic rings. The zero-order chi connectivity index (χ0) is 9.38. The molecule has 2 heterocycles. The highest BCUT2D eigenvalue weighted by Crippen LogP contribution is 2.31. The lowest BCUT2D eigenvalue weighted by molar-refractivity contribution is 0.106. The molecule has 2 heteroatoms. The largest absolute Gasteiger partial charge is 0.316 e. The first-order chi connectivity index (χ1) is 6.93. The van der Waals surface area contributed by atoms with Gasteiger partial charge in [0.25, 0.3) is 0 Å². The predicted octanol–water partition coefficient (Wildman–Crippen LogP) is 1.47. The Morgan fingerprint density at radius 3 is 2.57 bits per heavy atom. The number of nitrogens with zero attached hydrogens (tertiary/aromatic N) is 1. The second-order valence-electron chi connectivity index (χ2n) is 5.40. The molecular formula is C12H22N2. The van der Waals surface area contributed by atoms with Crippen LogP contribution < -0.4 is 5.32 Å². The number of fused-ring (bicyclic) bond motifs is 1. The van der Waals surface area contributed by atoms with E-state index in [2.05, 4.69) is 10.2 Å². The number of hydrogen-bond acceptors (Lipinski definition) is 2. The smallest absolute Gasteiger partial charge is 0.00953 e. The summed E-state index contributed by atoms with van der Waals surface area (Å²) in [4.78, 5) is 2.79. The van der Waals surface area contributed by atoms with Gasteiger partial charge in [0.05, 0.1) is 0 Å². The second kappa shape index (κ2) is 3.82. The van der Waals surface area contributed by atoms with Crippen LogP contribution in [-0.4, -0.2) is 37.1 Å². The summed E-state index contributed by atoms with van der Waals surface area (Å²) in [7, 11) is 0. The van der Waals surface area contributed by atoms with E-state index in [1.165, 1.54) is 58.3 Å². The third-order valence-corrected chi connectivity index (χ3v) is 4.58. The van der Waals surface area contributed by atoms with Crippen LogP contribution in [0, 0.1) is 11.8 Å². The van der Waals surface area contributed by atoms with Gasteiger partial charge in [-0.3, -0.25) is 0 Å². The van der Waals surface area contributed by atoms with Gasteiger partial charge < -0.3 is 10.2 Å². The van der Waals surface area contributed by atoms with Crippen LogP contribution in [-0.2, 0) is 0 Å². The molecule has 3 aliphatic rings. The average Bonchev–Trinajstić information content (AvgIpc) is 2.88. The van der Waals surface area contributed by atoms with Gasteiger partial charge in [-0.05, 0) is 50.7 Å². The van der Waals surface area contributed by atoms with Crippen LogP contribution in [0.2, 0.25) is 0 Å². The molecule has 1 saturated carbocycles. The van der Waals surface area contributed by atoms with E-state index >= 15 is 0 Å². The van der Waals surface area contributed by atoms with Gasteiger partial charge in [-0.25, -0.2) is 0 Å². The first-order valence-corrected chi connectivity index (χ1v) is 6.38. The van der Waals surface area contributed by atoms with E-state index < -0.39 is 0 Å². The van der Waals surface area contributed by atoms with Gasteiger partial charge in [-0.2, -0.15) is 0 Å². The molecule has 1 aliphatic carbocycles. The SMILES string of the molecule is C1CCC(N2CCC3CNCC3C2)C1. The molecule has 3 fully saturated rings. The number of rotatable bonds is 1. The fourth-order valence-electron chi connectivity index (χ4n) is 3.66. The number of likely N-dealkylation sites (tertiary alicyclic amines) is 1. The van der Waals surface area contributed by atoms with Crippen LogP contribution in [0.5, 0.6) is 0 Å². The Balaban J connectivity index is 1.60. The van der Waals surface area contributed by atoms with E-state index in [1.807, 2.05) is 0 Å². The van der Waals surface area contributed by atoms with Crippen molar-refractivity contribution in [3.8, 4) is 0 Å². The van der Waals surface area contributed by atoms with Gasteiger partial charge in [-0.15, -0.1) is 0 Å². The number of hydrogen-bond donors (Lipinski definition) is 1. The first kappa shape index (κ1) is 9.17. The van der Waals surface area contributed by atoms with Crippen LogP contribution in [0.4, 0.5) is 0 Å². The molecule has 2 atom stereocenters. The normalized spacial score (nSPS) is 40.3. The van der Waals surface area contributed by atoms with Gasteiger partial charge in [0.1, 0.15) is 0 Å². The van der Waals surface area contributed by atoms with Crippen molar-refractivity contribution in [2.75, 3.05) is 26.2 Å². The molecular weight excluding hydrogens is 172 g/mol. The van der Waals surface area contributed by atoms with E-state index in [4.69, 9.17) is 0 Å². The molecule has 2 nitrogen and oxygen atoms in total. The summed E-state index contributed by atoms with van der Waals surface area (Å²) >= 11 is 0. The Labute approximate surface area is 87.0 Å². The molecule has 2 aliphatic heterocycles. The lowest BCUT2D eigenvalue weighted by Crippen LogP contribution is -2.44. The molecule has 80 valence electrons. The Morgan fingerprint density at radius 2 is 1.71 bits per heavy atom. The summed E-state index contributed by atoms with van der Waals surface area (Å²) in [6, 6.07) is 0.955. The van der Waals surface area contributed by atoms with Crippen molar-refractivity contribution >= 4 is 0 Å². The highest BCUT2D eigenvalue weighted by molar-refractivity contribution is 4.90. The Morgan fingerprint density at radius 1 is 0.929 bits per heavy atom. The highest BCUT2D eigenvalue weighted by Gasteiger charge is 2.35. The molecule has 0 radical (unpaired) electrons. The van der Waals surface area contributed by atoms with Crippen molar-refractivity contribution in [2.45, 2.75) is 38.1 Å². The van der Waals surface area contributed by atoms with Crippen molar-refractivity contribution < 1.29 is 0 Å². The standard InChI is InChI=1S/C12H22N2/c1-2-4-12(3-1)14-6-5-10-7-13-8-11(10)9-14/h10-13H,1-9H2.